The predicted molar refractivity (Wildman–Crippen MR) is 141 cm³/mol. The first-order valence-corrected chi connectivity index (χ1v) is 12.6. The number of ether oxygens (including phenoxy) is 1. The Bertz CT molecular complexity index is 1320. The van der Waals surface area contributed by atoms with E-state index in [2.05, 4.69) is 10.3 Å². The van der Waals surface area contributed by atoms with Crippen molar-refractivity contribution in [1.29, 1.82) is 0 Å². The number of nitrogens with one attached hydrogen (secondary N) is 1. The van der Waals surface area contributed by atoms with Crippen LogP contribution in [0.25, 0.3) is 5.65 Å². The van der Waals surface area contributed by atoms with Gasteiger partial charge in [-0.2, -0.15) is 0 Å². The van der Waals surface area contributed by atoms with E-state index in [-0.39, 0.29) is 31.6 Å². The van der Waals surface area contributed by atoms with Gasteiger partial charge in [0.2, 0.25) is 5.54 Å². The summed E-state index contributed by atoms with van der Waals surface area (Å²) in [4.78, 5) is 41.9. The van der Waals surface area contributed by atoms with E-state index in [1.807, 2.05) is 30.4 Å². The van der Waals surface area contributed by atoms with E-state index < -0.39 is 33.1 Å². The summed E-state index contributed by atoms with van der Waals surface area (Å²) in [5.41, 5.74) is -1.81. The third kappa shape index (κ3) is 5.97. The topological polar surface area (TPSA) is 110 Å². The maximum Gasteiger partial charge on any atom is 0.343 e. The number of halogens is 2. The highest BCUT2D eigenvalue weighted by molar-refractivity contribution is 6.26. The number of hydrogen-bond donors (Lipinski definition) is 2. The molecule has 2 aromatic heterocycles. The number of imidazole rings is 1. The van der Waals surface area contributed by atoms with Gasteiger partial charge in [0.15, 0.2) is 0 Å². The van der Waals surface area contributed by atoms with E-state index in [1.165, 1.54) is 10.6 Å². The van der Waals surface area contributed by atoms with Crippen LogP contribution < -0.4 is 5.32 Å². The molecule has 0 fully saturated rings. The van der Waals surface area contributed by atoms with Crippen molar-refractivity contribution in [3.8, 4) is 0 Å². The molecule has 10 heteroatoms. The third-order valence-corrected chi connectivity index (χ3v) is 7.49. The molecule has 1 amide bonds. The maximum absolute atomic E-state index is 13.4. The second kappa shape index (κ2) is 10.9. The number of hydrogen-bond acceptors (Lipinski definition) is 5. The maximum atomic E-state index is 13.4. The largest absolute Gasteiger partial charge is 0.479 e. The van der Waals surface area contributed by atoms with Crippen molar-refractivity contribution in [2.45, 2.75) is 47.4 Å². The Hall–Kier alpha value is -3.36. The van der Waals surface area contributed by atoms with Crippen LogP contribution in [0, 0.1) is 0 Å². The fourth-order valence-electron chi connectivity index (χ4n) is 4.30. The van der Waals surface area contributed by atoms with Crippen molar-refractivity contribution in [2.75, 3.05) is 6.61 Å². The summed E-state index contributed by atoms with van der Waals surface area (Å²) >= 11 is 13.3. The molecule has 194 valence electrons. The molecule has 0 saturated heterocycles. The number of rotatable bonds is 10. The van der Waals surface area contributed by atoms with Crippen LogP contribution >= 0.6 is 23.2 Å². The van der Waals surface area contributed by atoms with Crippen LogP contribution in [0.2, 0.25) is 0 Å². The Morgan fingerprint density at radius 1 is 1.05 bits per heavy atom. The number of allylic oxidation sites excluding steroid dienone is 8. The Balaban J connectivity index is 1.58. The first-order valence-electron chi connectivity index (χ1n) is 11.9. The highest BCUT2D eigenvalue weighted by atomic mass is 35.5. The van der Waals surface area contributed by atoms with Gasteiger partial charge in [-0.3, -0.25) is 9.20 Å². The van der Waals surface area contributed by atoms with E-state index in [0.717, 1.165) is 0 Å². The van der Waals surface area contributed by atoms with Gasteiger partial charge in [0.05, 0.1) is 22.6 Å². The van der Waals surface area contributed by atoms with Crippen LogP contribution in [0.1, 0.15) is 42.6 Å². The van der Waals surface area contributed by atoms with Crippen LogP contribution in [-0.4, -0.2) is 54.2 Å². The summed E-state index contributed by atoms with van der Waals surface area (Å²) in [5.74, 6) is -3.42. The molecule has 2 aromatic rings. The molecule has 4 rings (SSSR count). The number of amides is 1. The van der Waals surface area contributed by atoms with E-state index in [9.17, 15) is 19.5 Å². The number of aliphatic carboxylic acids is 1. The van der Waals surface area contributed by atoms with Crippen molar-refractivity contribution < 1.29 is 24.2 Å². The number of pyridine rings is 1. The molecule has 0 bridgehead atoms. The fraction of sp³-hybridized carbons (Fsp3) is 0.333. The van der Waals surface area contributed by atoms with Crippen molar-refractivity contribution in [1.82, 2.24) is 14.7 Å². The van der Waals surface area contributed by atoms with Gasteiger partial charge in [-0.1, -0.05) is 54.7 Å². The molecule has 37 heavy (non-hydrogen) atoms. The smallest absolute Gasteiger partial charge is 0.343 e. The molecular weight excluding hydrogens is 517 g/mol. The molecule has 0 spiro atoms. The molecule has 0 saturated carbocycles. The van der Waals surface area contributed by atoms with E-state index in [4.69, 9.17) is 27.9 Å². The Morgan fingerprint density at radius 3 is 2.35 bits per heavy atom. The molecule has 3 atom stereocenters. The molecule has 3 unspecified atom stereocenters. The molecule has 2 heterocycles. The monoisotopic (exact) mass is 543 g/mol. The summed E-state index contributed by atoms with van der Waals surface area (Å²) in [6, 6.07) is 5.17. The number of carbonyl (C=O) groups is 3. The standard InChI is InChI=1S/C27H27Cl2N3O5/c28-25(10-4-1-5-11-25)14-15-27(23(34)35,24(36)37-18-16-26(29)12-6-2-7-13-26)31-22(33)20-19-30-21-9-3-8-17-32(20)21/h1-10,12,17,19H,11,13-16,18H2,(H,31,33)(H,34,35). The number of carboxylic acid groups (broad SMARTS) is 1. The summed E-state index contributed by atoms with van der Waals surface area (Å²) in [6.07, 6.45) is 18.6. The SMILES string of the molecule is O=C(NC(CCC1(Cl)C=CC=CC1)(C(=O)O)C(=O)OCCC1(Cl)C=CC=CC1)c1cnc2ccccn12. The zero-order valence-corrected chi connectivity index (χ0v) is 21.5. The number of nitrogens with zero attached hydrogens (tertiary/aromatic N) is 2. The first-order chi connectivity index (χ1) is 17.7. The van der Waals surface area contributed by atoms with Crippen LogP contribution in [0.4, 0.5) is 0 Å². The van der Waals surface area contributed by atoms with E-state index >= 15 is 0 Å². The van der Waals surface area contributed by atoms with Gasteiger partial charge < -0.3 is 15.2 Å². The summed E-state index contributed by atoms with van der Waals surface area (Å²) in [5, 5.41) is 12.8. The predicted octanol–water partition coefficient (Wildman–Crippen LogP) is 4.59. The first kappa shape index (κ1) is 26.7. The number of esters is 1. The van der Waals surface area contributed by atoms with Crippen molar-refractivity contribution in [3.05, 3.63) is 84.9 Å². The van der Waals surface area contributed by atoms with E-state index in [0.29, 0.717) is 18.5 Å². The van der Waals surface area contributed by atoms with Gasteiger partial charge in [-0.15, -0.1) is 23.2 Å². The minimum atomic E-state index is -2.38. The molecule has 2 N–H and O–H groups in total. The lowest BCUT2D eigenvalue weighted by Gasteiger charge is -2.32. The van der Waals surface area contributed by atoms with Crippen LogP contribution in [0.15, 0.2) is 79.2 Å². The summed E-state index contributed by atoms with van der Waals surface area (Å²) in [6.45, 7) is -0.129. The zero-order chi connectivity index (χ0) is 26.5. The molecular formula is C27H27Cl2N3O5. The zero-order valence-electron chi connectivity index (χ0n) is 20.0. The van der Waals surface area contributed by atoms with Crippen LogP contribution in [0.5, 0.6) is 0 Å². The minimum Gasteiger partial charge on any atom is -0.479 e. The molecule has 0 aliphatic heterocycles. The van der Waals surface area contributed by atoms with Crippen LogP contribution in [0.3, 0.4) is 0 Å². The van der Waals surface area contributed by atoms with Gasteiger partial charge in [0.25, 0.3) is 5.91 Å². The van der Waals surface area contributed by atoms with Crippen molar-refractivity contribution in [3.63, 3.8) is 0 Å². The summed E-state index contributed by atoms with van der Waals surface area (Å²) in [7, 11) is 0. The highest BCUT2D eigenvalue weighted by Crippen LogP contribution is 2.34. The van der Waals surface area contributed by atoms with Crippen LogP contribution in [-0.2, 0) is 14.3 Å². The quantitative estimate of drug-likeness (QED) is 0.257. The van der Waals surface area contributed by atoms with Crippen molar-refractivity contribution >= 4 is 46.7 Å². The second-order valence-electron chi connectivity index (χ2n) is 9.17. The number of carboxylic acids is 1. The van der Waals surface area contributed by atoms with Gasteiger partial charge in [-0.25, -0.2) is 14.6 Å². The van der Waals surface area contributed by atoms with Gasteiger partial charge >= 0.3 is 11.9 Å². The Kier molecular flexibility index (Phi) is 7.90. The number of carbonyl (C=O) groups excluding carboxylic acids is 2. The number of alkyl halides is 2. The molecule has 2 aliphatic rings. The third-order valence-electron chi connectivity index (χ3n) is 6.56. The van der Waals surface area contributed by atoms with E-state index in [1.54, 1.807) is 42.6 Å². The number of fused-ring (bicyclic) bond motifs is 1. The lowest BCUT2D eigenvalue weighted by molar-refractivity contribution is -0.163. The number of aromatic nitrogens is 2. The lowest BCUT2D eigenvalue weighted by atomic mass is 9.85. The van der Waals surface area contributed by atoms with Gasteiger partial charge in [0, 0.05) is 12.6 Å². The Labute approximate surface area is 224 Å². The second-order valence-corrected chi connectivity index (χ2v) is 10.7. The molecule has 0 radical (unpaired) electrons. The average molecular weight is 544 g/mol. The minimum absolute atomic E-state index is 0.0777. The molecule has 2 aliphatic carbocycles. The average Bonchev–Trinajstić information content (AvgIpc) is 3.31. The normalized spacial score (nSPS) is 24.1. The Morgan fingerprint density at radius 2 is 1.73 bits per heavy atom. The lowest BCUT2D eigenvalue weighted by Crippen LogP contribution is -2.61. The fourth-order valence-corrected chi connectivity index (χ4v) is 4.80. The van der Waals surface area contributed by atoms with Crippen molar-refractivity contribution in [2.24, 2.45) is 0 Å². The molecule has 8 nitrogen and oxygen atoms in total. The molecule has 0 aromatic carbocycles. The highest BCUT2D eigenvalue weighted by Gasteiger charge is 2.51. The summed E-state index contributed by atoms with van der Waals surface area (Å²) < 4.78 is 6.95. The van der Waals surface area contributed by atoms with Gasteiger partial charge in [0.1, 0.15) is 11.3 Å². The van der Waals surface area contributed by atoms with Gasteiger partial charge in [-0.05, 0) is 37.8 Å².